The van der Waals surface area contributed by atoms with E-state index < -0.39 is 4.92 Å². The molecule has 0 radical (unpaired) electrons. The summed E-state index contributed by atoms with van der Waals surface area (Å²) in [5.74, 6) is -0.381. The van der Waals surface area contributed by atoms with E-state index in [1.807, 2.05) is 0 Å². The highest BCUT2D eigenvalue weighted by molar-refractivity contribution is 7.07. The minimum absolute atomic E-state index is 0.101. The molecule has 1 amide bonds. The summed E-state index contributed by atoms with van der Waals surface area (Å²) < 4.78 is 0. The molecule has 0 aliphatic rings. The first-order chi connectivity index (χ1) is 10.0. The maximum Gasteiger partial charge on any atom is 0.304 e. The third-order valence-electron chi connectivity index (χ3n) is 2.74. The lowest BCUT2D eigenvalue weighted by Gasteiger charge is -2.06. The molecule has 0 atom stereocenters. The molecule has 0 aliphatic carbocycles. The maximum absolute atomic E-state index is 12.0. The first-order valence-corrected chi connectivity index (χ1v) is 6.80. The molecule has 0 unspecified atom stereocenters. The van der Waals surface area contributed by atoms with Crippen molar-refractivity contribution < 1.29 is 9.72 Å². The van der Waals surface area contributed by atoms with Gasteiger partial charge >= 0.3 is 4.87 Å². The summed E-state index contributed by atoms with van der Waals surface area (Å²) >= 11 is 1.02. The fraction of sp³-hybridized carbons (Fsp3) is 0.167. The van der Waals surface area contributed by atoms with E-state index in [2.05, 4.69) is 15.6 Å². The summed E-state index contributed by atoms with van der Waals surface area (Å²) in [7, 11) is 1.54. The molecule has 21 heavy (non-hydrogen) atoms. The standard InChI is InChI=1S/C12H12N4O4S/c1-13-9-4-7(2-3-10(9)16(19)20)11(17)14-5-8-6-21-12(18)15-8/h2-4,6,13H,5H2,1H3,(H,14,17)(H,15,18). The molecule has 0 spiro atoms. The van der Waals surface area contributed by atoms with Gasteiger partial charge in [0.05, 0.1) is 11.5 Å². The zero-order valence-electron chi connectivity index (χ0n) is 11.0. The first kappa shape index (κ1) is 14.7. The molecule has 1 aromatic carbocycles. The van der Waals surface area contributed by atoms with Gasteiger partial charge in [0.1, 0.15) is 5.69 Å². The number of hydrogen-bond acceptors (Lipinski definition) is 6. The summed E-state index contributed by atoms with van der Waals surface area (Å²) in [6.07, 6.45) is 0. The van der Waals surface area contributed by atoms with Crippen molar-refractivity contribution in [3.05, 3.63) is 54.6 Å². The number of rotatable bonds is 5. The Morgan fingerprint density at radius 1 is 1.48 bits per heavy atom. The van der Waals surface area contributed by atoms with E-state index in [4.69, 9.17) is 0 Å². The van der Waals surface area contributed by atoms with Crippen LogP contribution in [0.15, 0.2) is 28.4 Å². The van der Waals surface area contributed by atoms with Gasteiger partial charge in [-0.25, -0.2) is 0 Å². The van der Waals surface area contributed by atoms with Gasteiger partial charge < -0.3 is 15.6 Å². The summed E-state index contributed by atoms with van der Waals surface area (Å²) in [6, 6.07) is 4.06. The van der Waals surface area contributed by atoms with Crippen LogP contribution in [0.1, 0.15) is 16.1 Å². The van der Waals surface area contributed by atoms with Gasteiger partial charge in [-0.15, -0.1) is 0 Å². The van der Waals surface area contributed by atoms with Crippen LogP contribution < -0.4 is 15.5 Å². The average molecular weight is 308 g/mol. The highest BCUT2D eigenvalue weighted by Gasteiger charge is 2.15. The number of aromatic amines is 1. The maximum atomic E-state index is 12.0. The molecule has 0 bridgehead atoms. The fourth-order valence-corrected chi connectivity index (χ4v) is 2.30. The smallest absolute Gasteiger partial charge is 0.304 e. The van der Waals surface area contributed by atoms with Crippen LogP contribution in [0.5, 0.6) is 0 Å². The molecular weight excluding hydrogens is 296 g/mol. The molecule has 1 heterocycles. The van der Waals surface area contributed by atoms with Crippen LogP contribution in [-0.4, -0.2) is 22.9 Å². The monoisotopic (exact) mass is 308 g/mol. The van der Waals surface area contributed by atoms with Gasteiger partial charge in [0.25, 0.3) is 11.6 Å². The number of nitrogens with one attached hydrogen (secondary N) is 3. The Labute approximate surface area is 123 Å². The number of nitro groups is 1. The van der Waals surface area contributed by atoms with Crippen molar-refractivity contribution in [2.24, 2.45) is 0 Å². The minimum Gasteiger partial charge on any atom is -0.383 e. The van der Waals surface area contributed by atoms with Crippen molar-refractivity contribution in [3.8, 4) is 0 Å². The summed E-state index contributed by atoms with van der Waals surface area (Å²) in [5.41, 5.74) is 1.06. The van der Waals surface area contributed by atoms with E-state index in [0.29, 0.717) is 11.3 Å². The van der Waals surface area contributed by atoms with Crippen LogP contribution in [0.4, 0.5) is 11.4 Å². The zero-order chi connectivity index (χ0) is 15.4. The van der Waals surface area contributed by atoms with Gasteiger partial charge in [-0.2, -0.15) is 0 Å². The third-order valence-corrected chi connectivity index (χ3v) is 3.45. The lowest BCUT2D eigenvalue weighted by molar-refractivity contribution is -0.383. The number of nitrogens with zero attached hydrogens (tertiary/aromatic N) is 1. The number of benzene rings is 1. The number of anilines is 1. The second-order valence-corrected chi connectivity index (χ2v) is 4.94. The molecule has 1 aromatic heterocycles. The predicted molar refractivity (Wildman–Crippen MR) is 78.8 cm³/mol. The van der Waals surface area contributed by atoms with Gasteiger partial charge in [-0.3, -0.25) is 19.7 Å². The molecule has 110 valence electrons. The Morgan fingerprint density at radius 2 is 2.24 bits per heavy atom. The Kier molecular flexibility index (Phi) is 4.33. The highest BCUT2D eigenvalue weighted by Crippen LogP contribution is 2.24. The minimum atomic E-state index is -0.524. The number of hydrogen-bond donors (Lipinski definition) is 3. The van der Waals surface area contributed by atoms with Crippen molar-refractivity contribution in [1.29, 1.82) is 0 Å². The van der Waals surface area contributed by atoms with Crippen molar-refractivity contribution in [1.82, 2.24) is 10.3 Å². The third kappa shape index (κ3) is 3.45. The Morgan fingerprint density at radius 3 is 2.81 bits per heavy atom. The Hall–Kier alpha value is -2.68. The lowest BCUT2D eigenvalue weighted by atomic mass is 10.1. The van der Waals surface area contributed by atoms with Gasteiger partial charge in [0, 0.05) is 29.8 Å². The average Bonchev–Trinajstić information content (AvgIpc) is 2.89. The number of amides is 1. The van der Waals surface area contributed by atoms with Crippen molar-refractivity contribution in [3.63, 3.8) is 0 Å². The zero-order valence-corrected chi connectivity index (χ0v) is 11.8. The van der Waals surface area contributed by atoms with Crippen molar-refractivity contribution in [2.75, 3.05) is 12.4 Å². The normalized spacial score (nSPS) is 10.1. The number of nitro benzene ring substituents is 1. The second-order valence-electron chi connectivity index (χ2n) is 4.10. The molecule has 0 saturated carbocycles. The van der Waals surface area contributed by atoms with Gasteiger partial charge in [-0.05, 0) is 12.1 Å². The van der Waals surface area contributed by atoms with Crippen LogP contribution in [0, 0.1) is 10.1 Å². The van der Waals surface area contributed by atoms with Crippen molar-refractivity contribution >= 4 is 28.6 Å². The number of carbonyl (C=O) groups excluding carboxylic acids is 1. The van der Waals surface area contributed by atoms with Crippen LogP contribution in [0.3, 0.4) is 0 Å². The summed E-state index contributed by atoms with van der Waals surface area (Å²) in [5, 5.41) is 17.7. The molecule has 9 heteroatoms. The predicted octanol–water partition coefficient (Wildman–Crippen LogP) is 1.32. The Bertz CT molecular complexity index is 737. The number of carbonyl (C=O) groups is 1. The lowest BCUT2D eigenvalue weighted by Crippen LogP contribution is -2.23. The van der Waals surface area contributed by atoms with E-state index in [1.165, 1.54) is 18.2 Å². The molecule has 2 aromatic rings. The summed E-state index contributed by atoms with van der Waals surface area (Å²) in [6.45, 7) is 0.184. The SMILES string of the molecule is CNc1cc(C(=O)NCc2csc(=O)[nH]2)ccc1[N+](=O)[O-]. The molecule has 0 fully saturated rings. The first-order valence-electron chi connectivity index (χ1n) is 5.92. The van der Waals surface area contributed by atoms with Crippen LogP contribution in [-0.2, 0) is 6.54 Å². The summed E-state index contributed by atoms with van der Waals surface area (Å²) in [4.78, 5) is 35.6. The van der Waals surface area contributed by atoms with E-state index >= 15 is 0 Å². The van der Waals surface area contributed by atoms with Crippen LogP contribution >= 0.6 is 11.3 Å². The highest BCUT2D eigenvalue weighted by atomic mass is 32.1. The van der Waals surface area contributed by atoms with E-state index in [9.17, 15) is 19.7 Å². The second kappa shape index (κ2) is 6.18. The molecule has 0 aliphatic heterocycles. The molecule has 0 saturated heterocycles. The number of thiazole rings is 1. The van der Waals surface area contributed by atoms with Crippen molar-refractivity contribution in [2.45, 2.75) is 6.54 Å². The molecule has 2 rings (SSSR count). The van der Waals surface area contributed by atoms with Gasteiger partial charge in [-0.1, -0.05) is 11.3 Å². The van der Waals surface area contributed by atoms with Crippen LogP contribution in [0.25, 0.3) is 0 Å². The largest absolute Gasteiger partial charge is 0.383 e. The number of aromatic nitrogens is 1. The van der Waals surface area contributed by atoms with E-state index in [-0.39, 0.29) is 28.7 Å². The molecule has 3 N–H and O–H groups in total. The topological polar surface area (TPSA) is 117 Å². The van der Waals surface area contributed by atoms with Crippen LogP contribution in [0.2, 0.25) is 0 Å². The van der Waals surface area contributed by atoms with E-state index in [0.717, 1.165) is 11.3 Å². The quantitative estimate of drug-likeness (QED) is 0.569. The van der Waals surface area contributed by atoms with Gasteiger partial charge in [0.2, 0.25) is 0 Å². The fourth-order valence-electron chi connectivity index (χ4n) is 1.71. The number of H-pyrrole nitrogens is 1. The molecule has 8 nitrogen and oxygen atoms in total. The van der Waals surface area contributed by atoms with E-state index in [1.54, 1.807) is 12.4 Å². The molecular formula is C12H12N4O4S. The Balaban J connectivity index is 2.12. The van der Waals surface area contributed by atoms with Gasteiger partial charge in [0.15, 0.2) is 0 Å².